The van der Waals surface area contributed by atoms with E-state index in [4.69, 9.17) is 5.84 Å². The summed E-state index contributed by atoms with van der Waals surface area (Å²) in [5.41, 5.74) is 4.69. The van der Waals surface area contributed by atoms with Crippen molar-refractivity contribution in [1.29, 1.82) is 0 Å². The van der Waals surface area contributed by atoms with Gasteiger partial charge in [0.1, 0.15) is 10.8 Å². The summed E-state index contributed by atoms with van der Waals surface area (Å²) >= 11 is 2.73. The quantitative estimate of drug-likeness (QED) is 0.378. The van der Waals surface area contributed by atoms with Crippen molar-refractivity contribution < 1.29 is 4.79 Å². The maximum atomic E-state index is 11.7. The van der Waals surface area contributed by atoms with Gasteiger partial charge < -0.3 is 0 Å². The highest BCUT2D eigenvalue weighted by atomic mass is 32.2. The minimum atomic E-state index is -0.408. The summed E-state index contributed by atoms with van der Waals surface area (Å²) in [7, 11) is 0. The Labute approximate surface area is 106 Å². The van der Waals surface area contributed by atoms with E-state index in [2.05, 4.69) is 15.6 Å². The first-order valence-electron chi connectivity index (χ1n) is 4.79. The molecule has 0 saturated carbocycles. The predicted octanol–water partition coefficient (Wildman–Crippen LogP) is 1.36. The molecule has 0 aliphatic heterocycles. The van der Waals surface area contributed by atoms with Gasteiger partial charge in [0.15, 0.2) is 4.34 Å². The highest BCUT2D eigenvalue weighted by Crippen LogP contribution is 2.35. The lowest BCUT2D eigenvalue weighted by molar-refractivity contribution is -0.120. The first-order valence-corrected chi connectivity index (χ1v) is 6.55. The molecule has 0 saturated heterocycles. The van der Waals surface area contributed by atoms with Gasteiger partial charge in [-0.1, -0.05) is 53.4 Å². The first kappa shape index (κ1) is 12.0. The summed E-state index contributed by atoms with van der Waals surface area (Å²) in [5.74, 6) is 4.94. The number of nitrogens with zero attached hydrogens (tertiary/aromatic N) is 2. The second kappa shape index (κ2) is 5.76. The van der Waals surface area contributed by atoms with Gasteiger partial charge in [-0.25, -0.2) is 5.84 Å². The molecular formula is C10H10N4OS2. The van der Waals surface area contributed by atoms with Crippen LogP contribution in [0.15, 0.2) is 40.2 Å². The molecule has 0 radical (unpaired) electrons. The number of rotatable bonds is 4. The van der Waals surface area contributed by atoms with E-state index >= 15 is 0 Å². The van der Waals surface area contributed by atoms with Crippen LogP contribution in [-0.2, 0) is 4.79 Å². The Morgan fingerprint density at radius 1 is 1.41 bits per heavy atom. The van der Waals surface area contributed by atoms with Crippen LogP contribution in [-0.4, -0.2) is 16.1 Å². The molecule has 0 aliphatic carbocycles. The number of aromatic nitrogens is 2. The van der Waals surface area contributed by atoms with Crippen LogP contribution in [0.4, 0.5) is 0 Å². The number of nitrogens with one attached hydrogen (secondary N) is 1. The normalized spacial score (nSPS) is 12.1. The number of hydrogen-bond donors (Lipinski definition) is 2. The van der Waals surface area contributed by atoms with Crippen LogP contribution >= 0.6 is 23.1 Å². The lowest BCUT2D eigenvalue weighted by Gasteiger charge is -2.13. The van der Waals surface area contributed by atoms with Gasteiger partial charge >= 0.3 is 0 Å². The Morgan fingerprint density at radius 3 is 2.76 bits per heavy atom. The van der Waals surface area contributed by atoms with E-state index in [9.17, 15) is 4.79 Å². The topological polar surface area (TPSA) is 80.9 Å². The number of benzene rings is 1. The molecule has 1 atom stereocenters. The van der Waals surface area contributed by atoms with Crippen molar-refractivity contribution in [2.24, 2.45) is 5.84 Å². The Bertz CT molecular complexity index is 474. The standard InChI is InChI=1S/C10H10N4OS2/c11-13-9(15)8(7-4-2-1-3-5-7)17-10-14-12-6-16-10/h1-6,8H,11H2,(H,13,15). The minimum absolute atomic E-state index is 0.253. The Balaban J connectivity index is 2.23. The number of carbonyl (C=O) groups excluding carboxylic acids is 1. The SMILES string of the molecule is NNC(=O)C(Sc1nncs1)c1ccccc1. The Morgan fingerprint density at radius 2 is 2.18 bits per heavy atom. The van der Waals surface area contributed by atoms with Crippen molar-refractivity contribution >= 4 is 29.0 Å². The molecule has 0 aliphatic rings. The summed E-state index contributed by atoms with van der Waals surface area (Å²) in [4.78, 5) is 11.7. The molecule has 1 aromatic heterocycles. The zero-order chi connectivity index (χ0) is 12.1. The fourth-order valence-corrected chi connectivity index (χ4v) is 2.97. The van der Waals surface area contributed by atoms with Crippen molar-refractivity contribution in [1.82, 2.24) is 15.6 Å². The van der Waals surface area contributed by atoms with Crippen molar-refractivity contribution in [2.75, 3.05) is 0 Å². The van der Waals surface area contributed by atoms with E-state index in [-0.39, 0.29) is 5.91 Å². The van der Waals surface area contributed by atoms with Crippen LogP contribution in [0.1, 0.15) is 10.8 Å². The molecule has 2 rings (SSSR count). The van der Waals surface area contributed by atoms with Crippen molar-refractivity contribution in [3.63, 3.8) is 0 Å². The zero-order valence-electron chi connectivity index (χ0n) is 8.74. The number of thioether (sulfide) groups is 1. The summed E-state index contributed by atoms with van der Waals surface area (Å²) in [6.45, 7) is 0. The van der Waals surface area contributed by atoms with E-state index in [1.165, 1.54) is 23.1 Å². The molecule has 1 amide bonds. The predicted molar refractivity (Wildman–Crippen MR) is 67.3 cm³/mol. The van der Waals surface area contributed by atoms with Crippen LogP contribution in [0.25, 0.3) is 0 Å². The number of amides is 1. The number of hydrazine groups is 1. The maximum absolute atomic E-state index is 11.7. The van der Waals surface area contributed by atoms with Crippen LogP contribution in [0.3, 0.4) is 0 Å². The summed E-state index contributed by atoms with van der Waals surface area (Å²) in [6, 6.07) is 9.43. The Hall–Kier alpha value is -1.44. The third-order valence-corrected chi connectivity index (χ3v) is 4.11. The van der Waals surface area contributed by atoms with E-state index in [0.29, 0.717) is 0 Å². The van der Waals surface area contributed by atoms with E-state index < -0.39 is 5.25 Å². The molecule has 2 aromatic rings. The van der Waals surface area contributed by atoms with Gasteiger partial charge in [-0.3, -0.25) is 10.2 Å². The molecule has 0 fully saturated rings. The lowest BCUT2D eigenvalue weighted by atomic mass is 10.1. The van der Waals surface area contributed by atoms with Gasteiger partial charge in [-0.2, -0.15) is 0 Å². The molecular weight excluding hydrogens is 256 g/mol. The van der Waals surface area contributed by atoms with Crippen molar-refractivity contribution in [2.45, 2.75) is 9.59 Å². The zero-order valence-corrected chi connectivity index (χ0v) is 10.4. The first-order chi connectivity index (χ1) is 8.31. The van der Waals surface area contributed by atoms with Crippen molar-refractivity contribution in [3.05, 3.63) is 41.4 Å². The average Bonchev–Trinajstić information content (AvgIpc) is 2.89. The van der Waals surface area contributed by atoms with Gasteiger partial charge in [0, 0.05) is 0 Å². The van der Waals surface area contributed by atoms with Gasteiger partial charge in [-0.15, -0.1) is 10.2 Å². The third kappa shape index (κ3) is 3.02. The molecule has 5 nitrogen and oxygen atoms in total. The number of carbonyl (C=O) groups is 1. The molecule has 0 spiro atoms. The molecule has 3 N–H and O–H groups in total. The summed E-state index contributed by atoms with van der Waals surface area (Å²) in [5, 5.41) is 7.24. The number of nitrogens with two attached hydrogens (primary N) is 1. The van der Waals surface area contributed by atoms with Crippen LogP contribution in [0.5, 0.6) is 0 Å². The monoisotopic (exact) mass is 266 g/mol. The molecule has 17 heavy (non-hydrogen) atoms. The van der Waals surface area contributed by atoms with Gasteiger partial charge in [0.05, 0.1) is 0 Å². The van der Waals surface area contributed by atoms with E-state index in [0.717, 1.165) is 9.90 Å². The van der Waals surface area contributed by atoms with Gasteiger partial charge in [0.2, 0.25) is 0 Å². The highest BCUT2D eigenvalue weighted by Gasteiger charge is 2.22. The van der Waals surface area contributed by atoms with E-state index in [1.807, 2.05) is 30.3 Å². The third-order valence-electron chi connectivity index (χ3n) is 2.04. The number of hydrogen-bond acceptors (Lipinski definition) is 6. The molecule has 1 aromatic carbocycles. The highest BCUT2D eigenvalue weighted by molar-refractivity contribution is 8.01. The molecule has 88 valence electrons. The maximum Gasteiger partial charge on any atom is 0.251 e. The average molecular weight is 266 g/mol. The minimum Gasteiger partial charge on any atom is -0.293 e. The molecule has 0 bridgehead atoms. The lowest BCUT2D eigenvalue weighted by Crippen LogP contribution is -2.33. The Kier molecular flexibility index (Phi) is 4.08. The van der Waals surface area contributed by atoms with Gasteiger partial charge in [-0.05, 0) is 5.56 Å². The van der Waals surface area contributed by atoms with Crippen molar-refractivity contribution in [3.8, 4) is 0 Å². The fraction of sp³-hybridized carbons (Fsp3) is 0.100. The summed E-state index contributed by atoms with van der Waals surface area (Å²) < 4.78 is 0.738. The molecule has 1 unspecified atom stereocenters. The van der Waals surface area contributed by atoms with E-state index in [1.54, 1.807) is 5.51 Å². The fourth-order valence-electron chi connectivity index (χ4n) is 1.29. The van der Waals surface area contributed by atoms with Crippen LogP contribution < -0.4 is 11.3 Å². The van der Waals surface area contributed by atoms with Crippen LogP contribution in [0.2, 0.25) is 0 Å². The van der Waals surface area contributed by atoms with Gasteiger partial charge in [0.25, 0.3) is 5.91 Å². The largest absolute Gasteiger partial charge is 0.293 e. The second-order valence-corrected chi connectivity index (χ2v) is 5.31. The molecule has 7 heteroatoms. The summed E-state index contributed by atoms with van der Waals surface area (Å²) in [6.07, 6.45) is 0. The smallest absolute Gasteiger partial charge is 0.251 e. The second-order valence-electron chi connectivity index (χ2n) is 3.12. The molecule has 1 heterocycles. The van der Waals surface area contributed by atoms with Crippen LogP contribution in [0, 0.1) is 0 Å².